The molecule has 0 atom stereocenters. The van der Waals surface area contributed by atoms with Gasteiger partial charge in [0.2, 0.25) is 0 Å². The second kappa shape index (κ2) is 13.9. The van der Waals surface area contributed by atoms with Crippen LogP contribution in [0, 0.1) is 22.9 Å². The van der Waals surface area contributed by atoms with Crippen molar-refractivity contribution in [3.05, 3.63) is 59.7 Å². The van der Waals surface area contributed by atoms with Gasteiger partial charge in [-0.15, -0.1) is 11.1 Å². The summed E-state index contributed by atoms with van der Waals surface area (Å²) in [5.41, 5.74) is 13.3. The van der Waals surface area contributed by atoms with Gasteiger partial charge in [-0.05, 0) is 44.0 Å². The van der Waals surface area contributed by atoms with E-state index >= 15 is 0 Å². The number of methoxy groups -OCH3 is 2. The molecule has 2 nitrogen and oxygen atoms in total. The third-order valence-corrected chi connectivity index (χ3v) is 23.6. The predicted octanol–water partition coefficient (Wildman–Crippen LogP) is 12.3. The summed E-state index contributed by atoms with van der Waals surface area (Å²) in [5, 5.41) is 6.35. The summed E-state index contributed by atoms with van der Waals surface area (Å²) in [6.45, 7) is 28.5. The lowest BCUT2D eigenvalue weighted by molar-refractivity contribution is 0.417. The van der Waals surface area contributed by atoms with Gasteiger partial charge >= 0.3 is 0 Å². The van der Waals surface area contributed by atoms with E-state index in [2.05, 4.69) is 155 Å². The Kier molecular flexibility index (Phi) is 10.8. The largest absolute Gasteiger partial charge is 0.495 e. The summed E-state index contributed by atoms with van der Waals surface area (Å²) >= 11 is 0. The zero-order chi connectivity index (χ0) is 34.1. The summed E-state index contributed by atoms with van der Waals surface area (Å²) < 4.78 is 12.7. The fourth-order valence-electron chi connectivity index (χ4n) is 8.93. The molecular weight excluding hydrogens is 593 g/mol. The number of hydrogen-bond donors (Lipinski definition) is 0. The maximum Gasteiger partial charge on any atom is 0.146 e. The maximum absolute atomic E-state index is 6.37. The Labute approximate surface area is 281 Å². The lowest BCUT2D eigenvalue weighted by Crippen LogP contribution is -2.43. The van der Waals surface area contributed by atoms with Crippen molar-refractivity contribution in [2.75, 3.05) is 14.2 Å². The molecule has 0 aliphatic carbocycles. The molecule has 244 valence electrons. The van der Waals surface area contributed by atoms with Gasteiger partial charge < -0.3 is 9.47 Å². The lowest BCUT2D eigenvalue weighted by Gasteiger charge is -2.38. The Morgan fingerprint density at radius 3 is 0.935 bits per heavy atom. The highest BCUT2D eigenvalue weighted by Gasteiger charge is 2.43. The Bertz CT molecular complexity index is 1680. The van der Waals surface area contributed by atoms with Crippen molar-refractivity contribution in [3.63, 3.8) is 0 Å². The number of rotatable bonds is 8. The molecule has 0 bridgehead atoms. The second-order valence-corrected chi connectivity index (χ2v) is 26.1. The lowest BCUT2D eigenvalue weighted by atomic mass is 9.89. The van der Waals surface area contributed by atoms with Gasteiger partial charge in [0.25, 0.3) is 0 Å². The van der Waals surface area contributed by atoms with E-state index in [-0.39, 0.29) is 0 Å². The van der Waals surface area contributed by atoms with Gasteiger partial charge in [-0.2, -0.15) is 0 Å². The van der Waals surface area contributed by atoms with Gasteiger partial charge in [-0.25, -0.2) is 0 Å². The van der Waals surface area contributed by atoms with E-state index in [0.717, 1.165) is 54.9 Å². The summed E-state index contributed by atoms with van der Waals surface area (Å²) in [7, 11) is -0.497. The first-order chi connectivity index (χ1) is 21.7. The molecule has 46 heavy (non-hydrogen) atoms. The monoisotopic (exact) mass is 648 g/mol. The van der Waals surface area contributed by atoms with Gasteiger partial charge in [0, 0.05) is 32.7 Å². The minimum Gasteiger partial charge on any atom is -0.495 e. The van der Waals surface area contributed by atoms with Crippen LogP contribution in [-0.2, 0) is 0 Å². The molecule has 4 rings (SSSR count). The van der Waals surface area contributed by atoms with Crippen molar-refractivity contribution in [1.82, 2.24) is 0 Å². The average molecular weight is 649 g/mol. The fraction of sp³-hybridized carbons (Fsp3) is 0.476. The zero-order valence-electron chi connectivity index (χ0n) is 30.9. The summed E-state index contributed by atoms with van der Waals surface area (Å²) in [6.07, 6.45) is 0. The van der Waals surface area contributed by atoms with Crippen LogP contribution in [0.5, 0.6) is 11.5 Å². The first-order valence-corrected chi connectivity index (χ1v) is 21.8. The van der Waals surface area contributed by atoms with Crippen LogP contribution in [0.15, 0.2) is 48.5 Å². The molecular formula is C42H56O2Si2. The third-order valence-electron chi connectivity index (χ3n) is 11.0. The molecule has 0 amide bonds. The first kappa shape index (κ1) is 35.7. The molecule has 4 heteroatoms. The number of fused-ring (bicyclic) bond motifs is 3. The third kappa shape index (κ3) is 5.67. The van der Waals surface area contributed by atoms with Crippen molar-refractivity contribution >= 4 is 48.5 Å². The maximum atomic E-state index is 6.37. The number of ether oxygens (including phenoxy) is 2. The molecule has 4 aromatic carbocycles. The molecule has 0 aromatic heterocycles. The fourth-order valence-corrected chi connectivity index (χ4v) is 19.3. The highest BCUT2D eigenvalue weighted by Crippen LogP contribution is 2.49. The van der Waals surface area contributed by atoms with Crippen molar-refractivity contribution in [3.8, 4) is 34.4 Å². The van der Waals surface area contributed by atoms with Crippen molar-refractivity contribution < 1.29 is 9.47 Å². The first-order valence-electron chi connectivity index (χ1n) is 17.3. The van der Waals surface area contributed by atoms with Crippen molar-refractivity contribution in [1.29, 1.82) is 0 Å². The van der Waals surface area contributed by atoms with Gasteiger partial charge in [0.1, 0.15) is 27.6 Å². The van der Waals surface area contributed by atoms with Crippen molar-refractivity contribution in [2.45, 2.75) is 116 Å². The Morgan fingerprint density at radius 1 is 0.435 bits per heavy atom. The van der Waals surface area contributed by atoms with Crippen LogP contribution in [0.25, 0.3) is 32.3 Å². The summed E-state index contributed by atoms with van der Waals surface area (Å²) in [4.78, 5) is 0. The Morgan fingerprint density at radius 2 is 0.696 bits per heavy atom. The molecule has 0 aliphatic rings. The van der Waals surface area contributed by atoms with Gasteiger partial charge in [0.15, 0.2) is 0 Å². The quantitative estimate of drug-likeness (QED) is 0.107. The van der Waals surface area contributed by atoms with E-state index in [1.54, 1.807) is 14.2 Å². The molecule has 0 heterocycles. The van der Waals surface area contributed by atoms with Crippen LogP contribution in [0.1, 0.15) is 94.2 Å². The van der Waals surface area contributed by atoms with E-state index in [0.29, 0.717) is 33.2 Å². The van der Waals surface area contributed by atoms with Crippen LogP contribution in [0.3, 0.4) is 0 Å². The van der Waals surface area contributed by atoms with E-state index in [4.69, 9.17) is 9.47 Å². The van der Waals surface area contributed by atoms with Crippen LogP contribution in [0.4, 0.5) is 0 Å². The van der Waals surface area contributed by atoms with Crippen LogP contribution in [0.2, 0.25) is 33.2 Å². The van der Waals surface area contributed by atoms with Gasteiger partial charge in [0.05, 0.1) is 14.2 Å². The van der Waals surface area contributed by atoms with Gasteiger partial charge in [-0.3, -0.25) is 0 Å². The molecule has 0 radical (unpaired) electrons. The molecule has 0 unspecified atom stereocenters. The topological polar surface area (TPSA) is 18.5 Å². The molecule has 4 aromatic rings. The normalized spacial score (nSPS) is 12.5. The number of hydrogen-bond acceptors (Lipinski definition) is 2. The van der Waals surface area contributed by atoms with Crippen LogP contribution in [-0.4, -0.2) is 30.4 Å². The molecule has 0 saturated heterocycles. The standard InChI is InChI=1S/C42H56O2Si2/c1-27(2)45(28(3)4,29(5)6)25-23-35-33-19-15-16-20-34(33)36(24-26-46(30(7)8,31(9)10)32(11)12)40-39(35)41(43-13)37-21-17-18-22-38(37)42(40)44-14/h15-22,27-32H,1-14H3. The average Bonchev–Trinajstić information content (AvgIpc) is 2.99. The van der Waals surface area contributed by atoms with Crippen LogP contribution >= 0.6 is 0 Å². The minimum atomic E-state index is -2.04. The van der Waals surface area contributed by atoms with Crippen molar-refractivity contribution in [2.24, 2.45) is 0 Å². The van der Waals surface area contributed by atoms with Gasteiger partial charge in [-0.1, -0.05) is 143 Å². The molecule has 0 aliphatic heterocycles. The van der Waals surface area contributed by atoms with E-state index < -0.39 is 16.1 Å². The second-order valence-electron chi connectivity index (χ2n) is 15.0. The van der Waals surface area contributed by atoms with E-state index in [9.17, 15) is 0 Å². The smallest absolute Gasteiger partial charge is 0.146 e. The molecule has 0 fully saturated rings. The highest BCUT2D eigenvalue weighted by molar-refractivity contribution is 6.91. The Hall–Kier alpha value is -3.19. The molecule has 0 spiro atoms. The zero-order valence-corrected chi connectivity index (χ0v) is 32.9. The molecule has 0 N–H and O–H groups in total. The SMILES string of the molecule is COc1c2ccccc2c(OC)c2c(C#C[Si](C(C)C)(C(C)C)C(C)C)c3ccccc3c(C#C[Si](C(C)C)(C(C)C)C(C)C)c12. The predicted molar refractivity (Wildman–Crippen MR) is 208 cm³/mol. The highest BCUT2D eigenvalue weighted by atomic mass is 28.3. The van der Waals surface area contributed by atoms with E-state index in [1.165, 1.54) is 0 Å². The van der Waals surface area contributed by atoms with E-state index in [1.807, 2.05) is 0 Å². The summed E-state index contributed by atoms with van der Waals surface area (Å²) in [6, 6.07) is 17.1. The minimum absolute atomic E-state index is 0.529. The van der Waals surface area contributed by atoms with Crippen LogP contribution < -0.4 is 9.47 Å². The summed E-state index contributed by atoms with van der Waals surface area (Å²) in [5.74, 6) is 9.48. The molecule has 0 saturated carbocycles. The Balaban J connectivity index is 2.37. The number of benzene rings is 4.